The Hall–Kier alpha value is -0.410. The maximum atomic E-state index is 11.6. The van der Waals surface area contributed by atoms with Crippen LogP contribution in [0.25, 0.3) is 0 Å². The van der Waals surface area contributed by atoms with Crippen molar-refractivity contribution in [3.8, 4) is 0 Å². The molecule has 1 atom stereocenters. The van der Waals surface area contributed by atoms with E-state index in [0.29, 0.717) is 18.4 Å². The van der Waals surface area contributed by atoms with Crippen LogP contribution < -0.4 is 0 Å². The highest BCUT2D eigenvalue weighted by Gasteiger charge is 2.41. The normalized spacial score (nSPS) is 34.4. The molecular formula is C14H23NO2. The molecule has 3 fully saturated rings. The quantitative estimate of drug-likeness (QED) is 0.700. The van der Waals surface area contributed by atoms with Crippen LogP contribution in [0.2, 0.25) is 0 Å². The van der Waals surface area contributed by atoms with Crippen LogP contribution in [-0.2, 0) is 9.53 Å². The predicted octanol–water partition coefficient (Wildman–Crippen LogP) is 2.14. The third-order valence-electron chi connectivity index (χ3n) is 4.78. The summed E-state index contributed by atoms with van der Waals surface area (Å²) in [5.41, 5.74) is 0.184. The molecule has 1 saturated carbocycles. The lowest BCUT2D eigenvalue weighted by molar-refractivity contribution is -0.128. The van der Waals surface area contributed by atoms with Gasteiger partial charge in [0, 0.05) is 19.1 Å². The molecule has 1 spiro atoms. The first kappa shape index (κ1) is 11.7. The van der Waals surface area contributed by atoms with Gasteiger partial charge < -0.3 is 4.74 Å². The zero-order valence-electron chi connectivity index (χ0n) is 10.6. The van der Waals surface area contributed by atoms with Crippen LogP contribution in [0.1, 0.15) is 51.4 Å². The number of ether oxygens (including phenoxy) is 1. The lowest BCUT2D eigenvalue weighted by atomic mass is 9.87. The van der Waals surface area contributed by atoms with Crippen LogP contribution >= 0.6 is 0 Å². The first-order chi connectivity index (χ1) is 8.27. The molecule has 0 bridgehead atoms. The Labute approximate surface area is 104 Å². The van der Waals surface area contributed by atoms with Gasteiger partial charge in [-0.15, -0.1) is 0 Å². The first-order valence-electron chi connectivity index (χ1n) is 7.17. The van der Waals surface area contributed by atoms with E-state index in [2.05, 4.69) is 4.90 Å². The molecule has 1 aliphatic carbocycles. The van der Waals surface area contributed by atoms with E-state index in [-0.39, 0.29) is 5.60 Å². The van der Waals surface area contributed by atoms with Gasteiger partial charge in [0.2, 0.25) is 0 Å². The van der Waals surface area contributed by atoms with E-state index in [0.717, 1.165) is 32.4 Å². The number of hydrogen-bond donors (Lipinski definition) is 0. The second-order valence-electron chi connectivity index (χ2n) is 6.00. The Morgan fingerprint density at radius 1 is 1.24 bits per heavy atom. The minimum atomic E-state index is 0.184. The lowest BCUT2D eigenvalue weighted by Gasteiger charge is -2.43. The van der Waals surface area contributed by atoms with Crippen molar-refractivity contribution in [1.29, 1.82) is 0 Å². The number of carbonyl (C=O) groups is 1. The van der Waals surface area contributed by atoms with Gasteiger partial charge >= 0.3 is 0 Å². The van der Waals surface area contributed by atoms with E-state index < -0.39 is 0 Å². The van der Waals surface area contributed by atoms with Gasteiger partial charge in [-0.1, -0.05) is 12.8 Å². The minimum Gasteiger partial charge on any atom is -0.375 e. The Kier molecular flexibility index (Phi) is 3.22. The van der Waals surface area contributed by atoms with E-state index in [1.54, 1.807) is 0 Å². The SMILES string of the molecule is O=C1CCCN(C2CCOC3(CCCC3)C2)C1. The average Bonchev–Trinajstić information content (AvgIpc) is 2.77. The Bertz CT molecular complexity index is 297. The number of piperidine rings is 1. The fourth-order valence-electron chi connectivity index (χ4n) is 3.86. The van der Waals surface area contributed by atoms with Crippen LogP contribution in [-0.4, -0.2) is 42.0 Å². The molecule has 1 unspecified atom stereocenters. The van der Waals surface area contributed by atoms with Crippen molar-refractivity contribution >= 4 is 5.78 Å². The summed E-state index contributed by atoms with van der Waals surface area (Å²) in [5.74, 6) is 0.434. The zero-order chi connectivity index (χ0) is 11.7. The van der Waals surface area contributed by atoms with Gasteiger partial charge in [0.15, 0.2) is 0 Å². The third kappa shape index (κ3) is 2.41. The molecule has 3 nitrogen and oxygen atoms in total. The summed E-state index contributed by atoms with van der Waals surface area (Å²) in [4.78, 5) is 14.0. The molecule has 17 heavy (non-hydrogen) atoms. The van der Waals surface area contributed by atoms with Crippen molar-refractivity contribution < 1.29 is 9.53 Å². The number of ketones is 1. The highest BCUT2D eigenvalue weighted by Crippen LogP contribution is 2.41. The third-order valence-corrected chi connectivity index (χ3v) is 4.78. The van der Waals surface area contributed by atoms with Gasteiger partial charge in [-0.3, -0.25) is 9.69 Å². The number of Topliss-reactive ketones (excluding diaryl/α,β-unsaturated/α-hetero) is 1. The number of nitrogens with zero attached hydrogens (tertiary/aromatic N) is 1. The van der Waals surface area contributed by atoms with Crippen LogP contribution in [0, 0.1) is 0 Å². The maximum absolute atomic E-state index is 11.6. The fraction of sp³-hybridized carbons (Fsp3) is 0.929. The molecule has 0 aromatic rings. The highest BCUT2D eigenvalue weighted by molar-refractivity contribution is 5.81. The molecule has 3 rings (SSSR count). The fourth-order valence-corrected chi connectivity index (χ4v) is 3.86. The van der Waals surface area contributed by atoms with Gasteiger partial charge in [0.25, 0.3) is 0 Å². The standard InChI is InChI=1S/C14H23NO2/c16-13-4-3-8-15(11-13)12-5-9-17-14(10-12)6-1-2-7-14/h12H,1-11H2. The molecule has 2 aliphatic heterocycles. The Morgan fingerprint density at radius 3 is 2.82 bits per heavy atom. The van der Waals surface area contributed by atoms with Crippen LogP contribution in [0.15, 0.2) is 0 Å². The number of rotatable bonds is 1. The van der Waals surface area contributed by atoms with E-state index in [4.69, 9.17) is 4.74 Å². The van der Waals surface area contributed by atoms with Crippen molar-refractivity contribution in [1.82, 2.24) is 4.90 Å². The molecule has 0 amide bonds. The summed E-state index contributed by atoms with van der Waals surface area (Å²) < 4.78 is 6.06. The smallest absolute Gasteiger partial charge is 0.146 e. The van der Waals surface area contributed by atoms with Crippen LogP contribution in [0.4, 0.5) is 0 Å². The predicted molar refractivity (Wildman–Crippen MR) is 66.0 cm³/mol. The lowest BCUT2D eigenvalue weighted by Crippen LogP contribution is -2.50. The van der Waals surface area contributed by atoms with Gasteiger partial charge in [-0.2, -0.15) is 0 Å². The largest absolute Gasteiger partial charge is 0.375 e. The maximum Gasteiger partial charge on any atom is 0.146 e. The number of likely N-dealkylation sites (tertiary alicyclic amines) is 1. The van der Waals surface area contributed by atoms with E-state index in [1.807, 2.05) is 0 Å². The minimum absolute atomic E-state index is 0.184. The van der Waals surface area contributed by atoms with Gasteiger partial charge in [0.05, 0.1) is 12.1 Å². The molecular weight excluding hydrogens is 214 g/mol. The average molecular weight is 237 g/mol. The summed E-state index contributed by atoms with van der Waals surface area (Å²) >= 11 is 0. The molecule has 96 valence electrons. The second kappa shape index (κ2) is 4.69. The van der Waals surface area contributed by atoms with Crippen LogP contribution in [0.5, 0.6) is 0 Å². The van der Waals surface area contributed by atoms with Crippen LogP contribution in [0.3, 0.4) is 0 Å². The summed E-state index contributed by atoms with van der Waals surface area (Å²) in [6, 6.07) is 0.603. The van der Waals surface area contributed by atoms with Gasteiger partial charge in [0.1, 0.15) is 5.78 Å². The molecule has 2 heterocycles. The summed E-state index contributed by atoms with van der Waals surface area (Å²) in [5, 5.41) is 0. The van der Waals surface area contributed by atoms with Crippen molar-refractivity contribution in [3.05, 3.63) is 0 Å². The monoisotopic (exact) mass is 237 g/mol. The molecule has 0 aromatic heterocycles. The molecule has 3 aliphatic rings. The van der Waals surface area contributed by atoms with Gasteiger partial charge in [-0.25, -0.2) is 0 Å². The summed E-state index contributed by atoms with van der Waals surface area (Å²) in [6.07, 6.45) is 9.28. The Balaban J connectivity index is 1.64. The van der Waals surface area contributed by atoms with E-state index >= 15 is 0 Å². The van der Waals surface area contributed by atoms with Gasteiger partial charge in [-0.05, 0) is 38.6 Å². The number of hydrogen-bond acceptors (Lipinski definition) is 3. The molecule has 0 radical (unpaired) electrons. The number of carbonyl (C=O) groups excluding carboxylic acids is 1. The van der Waals surface area contributed by atoms with Crippen molar-refractivity contribution in [3.63, 3.8) is 0 Å². The zero-order valence-corrected chi connectivity index (χ0v) is 10.6. The topological polar surface area (TPSA) is 29.5 Å². The van der Waals surface area contributed by atoms with Crippen molar-refractivity contribution in [2.24, 2.45) is 0 Å². The molecule has 2 saturated heterocycles. The molecule has 3 heteroatoms. The van der Waals surface area contributed by atoms with Crippen molar-refractivity contribution in [2.75, 3.05) is 19.7 Å². The Morgan fingerprint density at radius 2 is 2.06 bits per heavy atom. The van der Waals surface area contributed by atoms with E-state index in [9.17, 15) is 4.79 Å². The van der Waals surface area contributed by atoms with Crippen molar-refractivity contribution in [2.45, 2.75) is 63.0 Å². The first-order valence-corrected chi connectivity index (χ1v) is 7.17. The highest BCUT2D eigenvalue weighted by atomic mass is 16.5. The molecule has 0 N–H and O–H groups in total. The molecule has 0 aromatic carbocycles. The second-order valence-corrected chi connectivity index (χ2v) is 6.00. The summed E-state index contributed by atoms with van der Waals surface area (Å²) in [7, 11) is 0. The van der Waals surface area contributed by atoms with E-state index in [1.165, 1.54) is 32.1 Å². The summed E-state index contributed by atoms with van der Waals surface area (Å²) in [6.45, 7) is 2.71.